The van der Waals surface area contributed by atoms with Crippen LogP contribution in [0.4, 0.5) is 11.4 Å². The molecule has 0 unspecified atom stereocenters. The van der Waals surface area contributed by atoms with E-state index in [4.69, 9.17) is 10.00 Å². The van der Waals surface area contributed by atoms with Gasteiger partial charge < -0.3 is 4.74 Å². The molecule has 2 aliphatic rings. The fraction of sp³-hybridized carbons (Fsp3) is 0.440. The van der Waals surface area contributed by atoms with E-state index in [1.54, 1.807) is 17.0 Å². The van der Waals surface area contributed by atoms with Gasteiger partial charge in [-0.1, -0.05) is 0 Å². The smallest absolute Gasteiger partial charge is 0.231 e. The summed E-state index contributed by atoms with van der Waals surface area (Å²) < 4.78 is 6.31. The van der Waals surface area contributed by atoms with Gasteiger partial charge in [0.2, 0.25) is 5.91 Å². The molecule has 1 amide bonds. The van der Waals surface area contributed by atoms with Crippen LogP contribution in [-0.2, 0) is 11.2 Å². The summed E-state index contributed by atoms with van der Waals surface area (Å²) in [6.45, 7) is 8.90. The molecule has 30 heavy (non-hydrogen) atoms. The highest BCUT2D eigenvalue weighted by atomic mass is 16.5. The maximum Gasteiger partial charge on any atom is 0.231 e. The molecule has 2 aromatic rings. The van der Waals surface area contributed by atoms with E-state index in [-0.39, 0.29) is 17.6 Å². The molecule has 1 fully saturated rings. The number of hydrogen-bond acceptors (Lipinski definition) is 4. The summed E-state index contributed by atoms with van der Waals surface area (Å²) in [5, 5.41) is 9.02. The molecule has 2 aliphatic heterocycles. The number of amides is 1. The number of anilines is 2. The number of ether oxygens (including phenoxy) is 1. The highest BCUT2D eigenvalue weighted by Gasteiger charge is 2.29. The number of carbonyl (C=O) groups excluding carboxylic acids is 1. The number of aryl methyl sites for hydroxylation is 1. The molecular formula is C25H29N3O2. The summed E-state index contributed by atoms with van der Waals surface area (Å²) in [7, 11) is 0. The van der Waals surface area contributed by atoms with E-state index >= 15 is 0 Å². The molecule has 0 bridgehead atoms. The van der Waals surface area contributed by atoms with Crippen LogP contribution in [0.5, 0.6) is 5.75 Å². The van der Waals surface area contributed by atoms with Crippen LogP contribution in [0.15, 0.2) is 42.5 Å². The van der Waals surface area contributed by atoms with E-state index in [0.717, 1.165) is 55.0 Å². The lowest BCUT2D eigenvalue weighted by Gasteiger charge is -2.40. The number of fused-ring (bicyclic) bond motifs is 1. The van der Waals surface area contributed by atoms with E-state index in [1.165, 1.54) is 0 Å². The van der Waals surface area contributed by atoms with Crippen molar-refractivity contribution >= 4 is 17.3 Å². The first-order chi connectivity index (χ1) is 14.3. The molecule has 4 rings (SSSR count). The van der Waals surface area contributed by atoms with Gasteiger partial charge in [-0.15, -0.1) is 0 Å². The zero-order valence-electron chi connectivity index (χ0n) is 18.0. The van der Waals surface area contributed by atoms with Gasteiger partial charge in [-0.05, 0) is 88.1 Å². The van der Waals surface area contributed by atoms with Crippen LogP contribution in [0.2, 0.25) is 0 Å². The average molecular weight is 404 g/mol. The molecule has 2 heterocycles. The zero-order chi connectivity index (χ0) is 21.3. The Kier molecular flexibility index (Phi) is 5.53. The van der Waals surface area contributed by atoms with Crippen molar-refractivity contribution < 1.29 is 9.53 Å². The van der Waals surface area contributed by atoms with Gasteiger partial charge in [0.05, 0.1) is 17.3 Å². The first kappa shape index (κ1) is 20.4. The molecule has 0 atom stereocenters. The molecule has 0 aromatic heterocycles. The van der Waals surface area contributed by atoms with Crippen LogP contribution in [0.25, 0.3) is 0 Å². The topological polar surface area (TPSA) is 56.6 Å². The average Bonchev–Trinajstić information content (AvgIpc) is 2.74. The number of hydrogen-bond donors (Lipinski definition) is 0. The van der Waals surface area contributed by atoms with Crippen molar-refractivity contribution in [3.63, 3.8) is 0 Å². The summed E-state index contributed by atoms with van der Waals surface area (Å²) in [6.07, 6.45) is 3.50. The van der Waals surface area contributed by atoms with Crippen molar-refractivity contribution in [2.24, 2.45) is 0 Å². The summed E-state index contributed by atoms with van der Waals surface area (Å²) in [6, 6.07) is 15.3. The molecule has 0 radical (unpaired) electrons. The van der Waals surface area contributed by atoms with Crippen LogP contribution in [0.1, 0.15) is 51.2 Å². The van der Waals surface area contributed by atoms with E-state index < -0.39 is 0 Å². The highest BCUT2D eigenvalue weighted by molar-refractivity contribution is 6.03. The number of benzene rings is 2. The molecule has 156 valence electrons. The molecule has 1 saturated heterocycles. The Morgan fingerprint density at radius 3 is 2.37 bits per heavy atom. The third kappa shape index (κ3) is 4.20. The van der Waals surface area contributed by atoms with Crippen molar-refractivity contribution in [3.8, 4) is 11.8 Å². The van der Waals surface area contributed by atoms with Crippen molar-refractivity contribution in [2.75, 3.05) is 18.0 Å². The number of likely N-dealkylation sites (tertiary alicyclic amines) is 1. The minimum atomic E-state index is 0.0791. The van der Waals surface area contributed by atoms with Gasteiger partial charge in [-0.3, -0.25) is 14.6 Å². The maximum absolute atomic E-state index is 12.7. The highest BCUT2D eigenvalue weighted by Crippen LogP contribution is 2.37. The first-order valence-corrected chi connectivity index (χ1v) is 10.7. The van der Waals surface area contributed by atoms with Gasteiger partial charge in [0.15, 0.2) is 0 Å². The number of piperidine rings is 1. The Labute approximate surface area is 178 Å². The van der Waals surface area contributed by atoms with E-state index in [2.05, 4.69) is 37.8 Å². The molecule has 0 N–H and O–H groups in total. The molecule has 0 spiro atoms. The molecule has 2 aromatic carbocycles. The normalized spacial score (nSPS) is 18.1. The van der Waals surface area contributed by atoms with Crippen LogP contribution in [-0.4, -0.2) is 35.5 Å². The van der Waals surface area contributed by atoms with Gasteiger partial charge in [-0.2, -0.15) is 5.26 Å². The standard InChI is InChI=1S/C25H29N3O2/c1-25(2,3)27-14-12-21(13-15-27)30-22-9-10-23-19(16-22)6-11-24(29)28(23)20-7-4-18(17-26)5-8-20/h4-5,7-10,16,21H,6,11-15H2,1-3H3. The lowest BCUT2D eigenvalue weighted by molar-refractivity contribution is -0.118. The number of rotatable bonds is 3. The van der Waals surface area contributed by atoms with Crippen LogP contribution in [0.3, 0.4) is 0 Å². The van der Waals surface area contributed by atoms with Crippen molar-refractivity contribution in [1.29, 1.82) is 5.26 Å². The monoisotopic (exact) mass is 403 g/mol. The fourth-order valence-corrected chi connectivity index (χ4v) is 4.35. The Morgan fingerprint density at radius 2 is 1.73 bits per heavy atom. The minimum Gasteiger partial charge on any atom is -0.490 e. The van der Waals surface area contributed by atoms with Gasteiger partial charge in [0.1, 0.15) is 11.9 Å². The maximum atomic E-state index is 12.7. The molecular weight excluding hydrogens is 374 g/mol. The SMILES string of the molecule is CC(C)(C)N1CCC(Oc2ccc3c(c2)CCC(=O)N3c2ccc(C#N)cc2)CC1. The zero-order valence-corrected chi connectivity index (χ0v) is 18.0. The summed E-state index contributed by atoms with van der Waals surface area (Å²) in [5.41, 5.74) is 3.63. The second-order valence-electron chi connectivity index (χ2n) is 9.15. The molecule has 0 saturated carbocycles. The largest absolute Gasteiger partial charge is 0.490 e. The Hall–Kier alpha value is -2.84. The third-order valence-corrected chi connectivity index (χ3v) is 6.10. The lowest BCUT2D eigenvalue weighted by atomic mass is 9.98. The summed E-state index contributed by atoms with van der Waals surface area (Å²) in [4.78, 5) is 16.9. The second-order valence-corrected chi connectivity index (χ2v) is 9.15. The number of nitriles is 1. The van der Waals surface area contributed by atoms with Crippen molar-refractivity contribution in [2.45, 2.75) is 58.1 Å². The summed E-state index contributed by atoms with van der Waals surface area (Å²) in [5.74, 6) is 0.965. The number of nitrogens with zero attached hydrogens (tertiary/aromatic N) is 3. The third-order valence-electron chi connectivity index (χ3n) is 6.10. The summed E-state index contributed by atoms with van der Waals surface area (Å²) >= 11 is 0. The minimum absolute atomic E-state index is 0.0791. The van der Waals surface area contributed by atoms with Crippen LogP contribution in [0, 0.1) is 11.3 Å². The van der Waals surface area contributed by atoms with Crippen LogP contribution < -0.4 is 9.64 Å². The Balaban J connectivity index is 1.49. The predicted octanol–water partition coefficient (Wildman–Crippen LogP) is 4.81. The molecule has 5 heteroatoms. The van der Waals surface area contributed by atoms with Gasteiger partial charge in [-0.25, -0.2) is 0 Å². The van der Waals surface area contributed by atoms with Crippen molar-refractivity contribution in [3.05, 3.63) is 53.6 Å². The second kappa shape index (κ2) is 8.12. The van der Waals surface area contributed by atoms with Gasteiger partial charge >= 0.3 is 0 Å². The van der Waals surface area contributed by atoms with E-state index in [1.807, 2.05) is 24.3 Å². The van der Waals surface area contributed by atoms with Gasteiger partial charge in [0.25, 0.3) is 0 Å². The number of carbonyl (C=O) groups is 1. The van der Waals surface area contributed by atoms with E-state index in [9.17, 15) is 4.79 Å². The lowest BCUT2D eigenvalue weighted by Crippen LogP contribution is -2.48. The van der Waals surface area contributed by atoms with Crippen LogP contribution >= 0.6 is 0 Å². The molecule has 5 nitrogen and oxygen atoms in total. The van der Waals surface area contributed by atoms with Crippen molar-refractivity contribution in [1.82, 2.24) is 4.90 Å². The van der Waals surface area contributed by atoms with Gasteiger partial charge in [0, 0.05) is 30.7 Å². The quantitative estimate of drug-likeness (QED) is 0.738. The Morgan fingerprint density at radius 1 is 1.03 bits per heavy atom. The first-order valence-electron chi connectivity index (χ1n) is 10.7. The Bertz CT molecular complexity index is 961. The predicted molar refractivity (Wildman–Crippen MR) is 118 cm³/mol. The molecule has 0 aliphatic carbocycles. The fourth-order valence-electron chi connectivity index (χ4n) is 4.35. The van der Waals surface area contributed by atoms with E-state index in [0.29, 0.717) is 12.0 Å².